The predicted molar refractivity (Wildman–Crippen MR) is 42.6 cm³/mol. The van der Waals surface area contributed by atoms with E-state index < -0.39 is 0 Å². The van der Waals surface area contributed by atoms with Crippen LogP contribution in [0.5, 0.6) is 0 Å². The van der Waals surface area contributed by atoms with Gasteiger partial charge in [-0.3, -0.25) is 0 Å². The van der Waals surface area contributed by atoms with Crippen molar-refractivity contribution in [2.45, 2.75) is 32.2 Å². The number of nitrogens with zero attached hydrogens (tertiary/aromatic N) is 3. The van der Waals surface area contributed by atoms with Crippen LogP contribution in [-0.2, 0) is 13.0 Å². The molecule has 2 heterocycles. The number of hydrogen-bond donors (Lipinski definition) is 0. The minimum atomic E-state index is 0.543. The molecule has 0 N–H and O–H groups in total. The van der Waals surface area contributed by atoms with Crippen LogP contribution in [0, 0.1) is 0 Å². The molecule has 0 aliphatic carbocycles. The van der Waals surface area contributed by atoms with Crippen LogP contribution in [-0.4, -0.2) is 14.8 Å². The first kappa shape index (κ1) is 7.10. The van der Waals surface area contributed by atoms with E-state index in [1.165, 1.54) is 19.3 Å². The summed E-state index contributed by atoms with van der Waals surface area (Å²) in [4.78, 5) is 0. The molecule has 0 spiro atoms. The van der Waals surface area contributed by atoms with Gasteiger partial charge in [0.15, 0.2) is 0 Å². The molecule has 0 aromatic carbocycles. The second-order valence-electron chi connectivity index (χ2n) is 2.85. The van der Waals surface area contributed by atoms with Crippen molar-refractivity contribution in [1.29, 1.82) is 0 Å². The first-order valence-electron chi connectivity index (χ1n) is 3.95. The molecular weight excluding hydrogens is 162 g/mol. The van der Waals surface area contributed by atoms with Crippen LogP contribution >= 0.6 is 11.6 Å². The van der Waals surface area contributed by atoms with Crippen LogP contribution in [0.4, 0.5) is 0 Å². The molecule has 1 aromatic rings. The molecule has 1 aromatic heterocycles. The standard InChI is InChI=1S/C7H10ClN3/c8-7-10-9-6-4-2-1-3-5-11(6)7/h1-5H2. The summed E-state index contributed by atoms with van der Waals surface area (Å²) in [6.45, 7) is 0.987. The van der Waals surface area contributed by atoms with Crippen LogP contribution in [0.2, 0.25) is 5.28 Å². The number of hydrogen-bond acceptors (Lipinski definition) is 2. The Morgan fingerprint density at radius 3 is 3.00 bits per heavy atom. The lowest BCUT2D eigenvalue weighted by molar-refractivity contribution is 0.632. The third-order valence-corrected chi connectivity index (χ3v) is 2.34. The van der Waals surface area contributed by atoms with E-state index in [-0.39, 0.29) is 0 Å². The molecule has 4 heteroatoms. The zero-order valence-corrected chi connectivity index (χ0v) is 7.01. The number of halogens is 1. The van der Waals surface area contributed by atoms with Crippen molar-refractivity contribution < 1.29 is 0 Å². The zero-order chi connectivity index (χ0) is 7.68. The van der Waals surface area contributed by atoms with Crippen molar-refractivity contribution in [3.63, 3.8) is 0 Å². The second kappa shape index (κ2) is 2.81. The van der Waals surface area contributed by atoms with E-state index in [4.69, 9.17) is 11.6 Å². The maximum Gasteiger partial charge on any atom is 0.225 e. The highest BCUT2D eigenvalue weighted by Crippen LogP contribution is 2.16. The van der Waals surface area contributed by atoms with Crippen molar-refractivity contribution in [1.82, 2.24) is 14.8 Å². The predicted octanol–water partition coefficient (Wildman–Crippen LogP) is 1.66. The van der Waals surface area contributed by atoms with Crippen molar-refractivity contribution >= 4 is 11.6 Å². The molecule has 0 saturated carbocycles. The average molecular weight is 172 g/mol. The smallest absolute Gasteiger partial charge is 0.225 e. The molecule has 0 atom stereocenters. The fraction of sp³-hybridized carbons (Fsp3) is 0.714. The number of fused-ring (bicyclic) bond motifs is 1. The molecule has 0 saturated heterocycles. The van der Waals surface area contributed by atoms with Crippen LogP contribution in [0.25, 0.3) is 0 Å². The molecule has 60 valence electrons. The first-order chi connectivity index (χ1) is 5.38. The third-order valence-electron chi connectivity index (χ3n) is 2.06. The summed E-state index contributed by atoms with van der Waals surface area (Å²) in [6.07, 6.45) is 4.72. The highest BCUT2D eigenvalue weighted by molar-refractivity contribution is 6.28. The molecule has 2 rings (SSSR count). The van der Waals surface area contributed by atoms with Gasteiger partial charge in [0.05, 0.1) is 0 Å². The molecule has 0 unspecified atom stereocenters. The van der Waals surface area contributed by atoms with Crippen molar-refractivity contribution in [2.75, 3.05) is 0 Å². The molecule has 0 amide bonds. The lowest BCUT2D eigenvalue weighted by atomic mass is 10.2. The highest BCUT2D eigenvalue weighted by Gasteiger charge is 2.11. The Balaban J connectivity index is 2.35. The largest absolute Gasteiger partial charge is 0.302 e. The number of rotatable bonds is 0. The Hall–Kier alpha value is -0.570. The maximum absolute atomic E-state index is 5.82. The Bertz CT molecular complexity index is 256. The Morgan fingerprint density at radius 1 is 1.18 bits per heavy atom. The fourth-order valence-electron chi connectivity index (χ4n) is 1.45. The van der Waals surface area contributed by atoms with Gasteiger partial charge >= 0.3 is 0 Å². The third kappa shape index (κ3) is 1.25. The zero-order valence-electron chi connectivity index (χ0n) is 6.26. The summed E-state index contributed by atoms with van der Waals surface area (Å²) in [7, 11) is 0. The minimum Gasteiger partial charge on any atom is -0.302 e. The molecule has 0 fully saturated rings. The van der Waals surface area contributed by atoms with Gasteiger partial charge in [-0.1, -0.05) is 6.42 Å². The fourth-order valence-corrected chi connectivity index (χ4v) is 1.67. The molecule has 3 nitrogen and oxygen atoms in total. The normalized spacial score (nSPS) is 17.5. The Labute approximate surface area is 70.4 Å². The average Bonchev–Trinajstić information content (AvgIpc) is 2.25. The number of aryl methyl sites for hydroxylation is 1. The summed E-state index contributed by atoms with van der Waals surface area (Å²) >= 11 is 5.82. The monoisotopic (exact) mass is 171 g/mol. The molecule has 11 heavy (non-hydrogen) atoms. The van der Waals surface area contributed by atoms with Gasteiger partial charge in [0.2, 0.25) is 5.28 Å². The van der Waals surface area contributed by atoms with E-state index in [0.717, 1.165) is 18.8 Å². The van der Waals surface area contributed by atoms with Gasteiger partial charge in [-0.15, -0.1) is 10.2 Å². The topological polar surface area (TPSA) is 30.7 Å². The van der Waals surface area contributed by atoms with E-state index in [1.54, 1.807) is 0 Å². The van der Waals surface area contributed by atoms with Crippen LogP contribution in [0.3, 0.4) is 0 Å². The van der Waals surface area contributed by atoms with E-state index >= 15 is 0 Å². The van der Waals surface area contributed by atoms with Gasteiger partial charge in [0, 0.05) is 13.0 Å². The van der Waals surface area contributed by atoms with Gasteiger partial charge in [0.1, 0.15) is 5.82 Å². The van der Waals surface area contributed by atoms with Gasteiger partial charge in [-0.05, 0) is 24.4 Å². The van der Waals surface area contributed by atoms with Crippen LogP contribution in [0.1, 0.15) is 25.1 Å². The molecule has 1 aliphatic heterocycles. The summed E-state index contributed by atoms with van der Waals surface area (Å²) in [5.74, 6) is 1.05. The molecule has 0 bridgehead atoms. The lowest BCUT2D eigenvalue weighted by Gasteiger charge is -1.99. The van der Waals surface area contributed by atoms with E-state index in [0.29, 0.717) is 5.28 Å². The van der Waals surface area contributed by atoms with Crippen molar-refractivity contribution in [3.05, 3.63) is 11.1 Å². The minimum absolute atomic E-state index is 0.543. The van der Waals surface area contributed by atoms with Crippen LogP contribution in [0.15, 0.2) is 0 Å². The van der Waals surface area contributed by atoms with Gasteiger partial charge in [0.25, 0.3) is 0 Å². The summed E-state index contributed by atoms with van der Waals surface area (Å²) in [6, 6.07) is 0. The summed E-state index contributed by atoms with van der Waals surface area (Å²) in [5.41, 5.74) is 0. The van der Waals surface area contributed by atoms with Crippen LogP contribution < -0.4 is 0 Å². The van der Waals surface area contributed by atoms with E-state index in [2.05, 4.69) is 10.2 Å². The second-order valence-corrected chi connectivity index (χ2v) is 3.19. The molecule has 0 radical (unpaired) electrons. The Morgan fingerprint density at radius 2 is 2.09 bits per heavy atom. The lowest BCUT2D eigenvalue weighted by Crippen LogP contribution is -2.00. The number of aromatic nitrogens is 3. The van der Waals surface area contributed by atoms with Gasteiger partial charge in [-0.2, -0.15) is 0 Å². The van der Waals surface area contributed by atoms with Gasteiger partial charge < -0.3 is 4.57 Å². The Kier molecular flexibility index (Phi) is 1.82. The summed E-state index contributed by atoms with van der Waals surface area (Å²) in [5, 5.41) is 8.36. The maximum atomic E-state index is 5.82. The van der Waals surface area contributed by atoms with E-state index in [1.807, 2.05) is 4.57 Å². The SMILES string of the molecule is Clc1nnc2n1CCCCC2. The first-order valence-corrected chi connectivity index (χ1v) is 4.33. The van der Waals surface area contributed by atoms with E-state index in [9.17, 15) is 0 Å². The van der Waals surface area contributed by atoms with Crippen molar-refractivity contribution in [2.24, 2.45) is 0 Å². The van der Waals surface area contributed by atoms with Gasteiger partial charge in [-0.25, -0.2) is 0 Å². The van der Waals surface area contributed by atoms with Crippen molar-refractivity contribution in [3.8, 4) is 0 Å². The molecule has 1 aliphatic rings. The molecular formula is C7H10ClN3. The highest BCUT2D eigenvalue weighted by atomic mass is 35.5. The quantitative estimate of drug-likeness (QED) is 0.595. The summed E-state index contributed by atoms with van der Waals surface area (Å²) < 4.78 is 2.01.